The molecule has 0 saturated carbocycles. The van der Waals surface area contributed by atoms with Crippen LogP contribution in [0.3, 0.4) is 0 Å². The Morgan fingerprint density at radius 1 is 1.12 bits per heavy atom. The van der Waals surface area contributed by atoms with Gasteiger partial charge in [0.2, 0.25) is 0 Å². The Balaban J connectivity index is 2.27. The van der Waals surface area contributed by atoms with Crippen molar-refractivity contribution in [3.8, 4) is 5.75 Å². The molecule has 3 heteroatoms. The van der Waals surface area contributed by atoms with E-state index in [1.807, 2.05) is 36.4 Å². The molecule has 2 aromatic rings. The number of β-amino-alcohol motifs (C(OH)–C–C–N with tert-alkyl or cyclic N) is 1. The van der Waals surface area contributed by atoms with Gasteiger partial charge in [0.1, 0.15) is 11.4 Å². The monoisotopic (exact) mass is 229 g/mol. The minimum absolute atomic E-state index is 0.614. The molecule has 1 aliphatic heterocycles. The van der Waals surface area contributed by atoms with Gasteiger partial charge in [0, 0.05) is 18.5 Å². The lowest BCUT2D eigenvalue weighted by Crippen LogP contribution is -2.56. The summed E-state index contributed by atoms with van der Waals surface area (Å²) in [6.45, 7) is 1.23. The number of ether oxygens (including phenoxy) is 1. The molecule has 0 aromatic heterocycles. The molecule has 0 amide bonds. The van der Waals surface area contributed by atoms with Gasteiger partial charge in [-0.05, 0) is 17.0 Å². The predicted molar refractivity (Wildman–Crippen MR) is 67.3 cm³/mol. The van der Waals surface area contributed by atoms with Gasteiger partial charge in [-0.3, -0.25) is 0 Å². The summed E-state index contributed by atoms with van der Waals surface area (Å²) in [4.78, 5) is 0. The van der Waals surface area contributed by atoms with E-state index in [1.165, 1.54) is 0 Å². The van der Waals surface area contributed by atoms with Crippen molar-refractivity contribution >= 4 is 10.8 Å². The van der Waals surface area contributed by atoms with Crippen LogP contribution in [0.25, 0.3) is 10.8 Å². The molecule has 1 fully saturated rings. The van der Waals surface area contributed by atoms with Crippen molar-refractivity contribution in [2.75, 3.05) is 20.2 Å². The highest BCUT2D eigenvalue weighted by Gasteiger charge is 2.37. The van der Waals surface area contributed by atoms with Gasteiger partial charge in [0.15, 0.2) is 0 Å². The standard InChI is InChI=1S/C14H15NO2/c1-17-13-7-6-12(14(16)8-15-9-14)10-4-2-3-5-11(10)13/h2-7,15-16H,8-9H2,1H3. The van der Waals surface area contributed by atoms with Crippen LogP contribution >= 0.6 is 0 Å². The third kappa shape index (κ3) is 1.51. The largest absolute Gasteiger partial charge is 0.496 e. The number of hydrogen-bond acceptors (Lipinski definition) is 3. The number of methoxy groups -OCH3 is 1. The SMILES string of the molecule is COc1ccc(C2(O)CNC2)c2ccccc12. The van der Waals surface area contributed by atoms with Crippen LogP contribution in [-0.4, -0.2) is 25.3 Å². The van der Waals surface area contributed by atoms with E-state index in [0.29, 0.717) is 13.1 Å². The lowest BCUT2D eigenvalue weighted by molar-refractivity contribution is -0.0133. The van der Waals surface area contributed by atoms with Crippen molar-refractivity contribution in [3.63, 3.8) is 0 Å². The third-order valence-electron chi connectivity index (χ3n) is 3.44. The van der Waals surface area contributed by atoms with Gasteiger partial charge in [-0.2, -0.15) is 0 Å². The van der Waals surface area contributed by atoms with Gasteiger partial charge in [-0.1, -0.05) is 30.3 Å². The van der Waals surface area contributed by atoms with Gasteiger partial charge < -0.3 is 15.2 Å². The quantitative estimate of drug-likeness (QED) is 0.822. The average Bonchev–Trinajstić information content (AvgIpc) is 2.34. The first-order chi connectivity index (χ1) is 8.24. The molecule has 0 spiro atoms. The van der Waals surface area contributed by atoms with Crippen molar-refractivity contribution in [2.45, 2.75) is 5.60 Å². The topological polar surface area (TPSA) is 41.5 Å². The summed E-state index contributed by atoms with van der Waals surface area (Å²) in [5.74, 6) is 0.847. The Bertz CT molecular complexity index is 561. The van der Waals surface area contributed by atoms with E-state index < -0.39 is 5.60 Å². The van der Waals surface area contributed by atoms with Crippen LogP contribution in [0.15, 0.2) is 36.4 Å². The predicted octanol–water partition coefficient (Wildman–Crippen LogP) is 1.64. The van der Waals surface area contributed by atoms with Crippen LogP contribution in [0.1, 0.15) is 5.56 Å². The van der Waals surface area contributed by atoms with E-state index in [0.717, 1.165) is 22.1 Å². The molecule has 1 saturated heterocycles. The number of benzene rings is 2. The van der Waals surface area contributed by atoms with E-state index in [1.54, 1.807) is 7.11 Å². The van der Waals surface area contributed by atoms with Gasteiger partial charge in [-0.25, -0.2) is 0 Å². The van der Waals surface area contributed by atoms with Crippen LogP contribution in [0.5, 0.6) is 5.75 Å². The molecular weight excluding hydrogens is 214 g/mol. The zero-order valence-electron chi connectivity index (χ0n) is 9.73. The van der Waals surface area contributed by atoms with Crippen molar-refractivity contribution in [1.82, 2.24) is 5.32 Å². The molecule has 17 heavy (non-hydrogen) atoms. The summed E-state index contributed by atoms with van der Waals surface area (Å²) in [6, 6.07) is 11.9. The van der Waals surface area contributed by atoms with E-state index in [9.17, 15) is 5.11 Å². The summed E-state index contributed by atoms with van der Waals surface area (Å²) < 4.78 is 5.35. The lowest BCUT2D eigenvalue weighted by Gasteiger charge is -2.38. The molecule has 0 atom stereocenters. The maximum atomic E-state index is 10.4. The number of aliphatic hydroxyl groups is 1. The van der Waals surface area contributed by atoms with E-state index in [2.05, 4.69) is 5.32 Å². The number of rotatable bonds is 2. The second-order valence-electron chi connectivity index (χ2n) is 4.50. The second kappa shape index (κ2) is 3.72. The Kier molecular flexibility index (Phi) is 2.31. The first kappa shape index (κ1) is 10.6. The molecule has 0 radical (unpaired) electrons. The van der Waals surface area contributed by atoms with Gasteiger partial charge in [0.25, 0.3) is 0 Å². The summed E-state index contributed by atoms with van der Waals surface area (Å²) in [7, 11) is 1.67. The van der Waals surface area contributed by atoms with Crippen molar-refractivity contribution < 1.29 is 9.84 Å². The molecule has 2 N–H and O–H groups in total. The molecular formula is C14H15NO2. The van der Waals surface area contributed by atoms with Crippen LogP contribution < -0.4 is 10.1 Å². The van der Waals surface area contributed by atoms with Crippen molar-refractivity contribution in [1.29, 1.82) is 0 Å². The normalized spacial score (nSPS) is 17.8. The maximum Gasteiger partial charge on any atom is 0.126 e. The van der Waals surface area contributed by atoms with Crippen molar-refractivity contribution in [2.24, 2.45) is 0 Å². The minimum atomic E-state index is -0.730. The smallest absolute Gasteiger partial charge is 0.126 e. The van der Waals surface area contributed by atoms with Crippen LogP contribution in [0.4, 0.5) is 0 Å². The summed E-state index contributed by atoms with van der Waals surface area (Å²) in [5.41, 5.74) is 0.249. The van der Waals surface area contributed by atoms with E-state index in [4.69, 9.17) is 4.74 Å². The minimum Gasteiger partial charge on any atom is -0.496 e. The zero-order chi connectivity index (χ0) is 11.9. The molecule has 3 rings (SSSR count). The highest BCUT2D eigenvalue weighted by Crippen LogP contribution is 2.35. The summed E-state index contributed by atoms with van der Waals surface area (Å²) in [5, 5.41) is 15.7. The molecule has 88 valence electrons. The number of hydrogen-bond donors (Lipinski definition) is 2. The van der Waals surface area contributed by atoms with Gasteiger partial charge in [0.05, 0.1) is 7.11 Å². The molecule has 1 aliphatic rings. The zero-order valence-corrected chi connectivity index (χ0v) is 9.73. The summed E-state index contributed by atoms with van der Waals surface area (Å²) in [6.07, 6.45) is 0. The van der Waals surface area contributed by atoms with Gasteiger partial charge >= 0.3 is 0 Å². The fourth-order valence-electron chi connectivity index (χ4n) is 2.41. The molecule has 0 aliphatic carbocycles. The maximum absolute atomic E-state index is 10.4. The molecule has 3 nitrogen and oxygen atoms in total. The number of fused-ring (bicyclic) bond motifs is 1. The van der Waals surface area contributed by atoms with Crippen molar-refractivity contribution in [3.05, 3.63) is 42.0 Å². The Labute approximate surface area is 100 Å². The summed E-state index contributed by atoms with van der Waals surface area (Å²) >= 11 is 0. The fourth-order valence-corrected chi connectivity index (χ4v) is 2.41. The highest BCUT2D eigenvalue weighted by atomic mass is 16.5. The third-order valence-corrected chi connectivity index (χ3v) is 3.44. The van der Waals surface area contributed by atoms with Crippen LogP contribution in [-0.2, 0) is 5.60 Å². The Morgan fingerprint density at radius 3 is 2.41 bits per heavy atom. The second-order valence-corrected chi connectivity index (χ2v) is 4.50. The molecule has 0 unspecified atom stereocenters. The molecule has 2 aromatic carbocycles. The molecule has 1 heterocycles. The van der Waals surface area contributed by atoms with E-state index in [-0.39, 0.29) is 0 Å². The van der Waals surface area contributed by atoms with Crippen LogP contribution in [0.2, 0.25) is 0 Å². The number of nitrogens with one attached hydrogen (secondary N) is 1. The van der Waals surface area contributed by atoms with E-state index >= 15 is 0 Å². The van der Waals surface area contributed by atoms with Crippen LogP contribution in [0, 0.1) is 0 Å². The lowest BCUT2D eigenvalue weighted by atomic mass is 9.85. The van der Waals surface area contributed by atoms with Gasteiger partial charge in [-0.15, -0.1) is 0 Å². The first-order valence-corrected chi connectivity index (χ1v) is 5.74. The highest BCUT2D eigenvalue weighted by molar-refractivity contribution is 5.91. The Morgan fingerprint density at radius 2 is 1.82 bits per heavy atom. The fraction of sp³-hybridized carbons (Fsp3) is 0.286. The Hall–Kier alpha value is -1.58. The average molecular weight is 229 g/mol. The molecule has 0 bridgehead atoms. The first-order valence-electron chi connectivity index (χ1n) is 5.74.